The summed E-state index contributed by atoms with van der Waals surface area (Å²) in [7, 11) is 1.66. The third-order valence-electron chi connectivity index (χ3n) is 4.77. The number of benzene rings is 2. The number of thiophene rings is 1. The molecule has 8 heteroatoms. The van der Waals surface area contributed by atoms with Gasteiger partial charge in [0.05, 0.1) is 35.0 Å². The normalized spacial score (nSPS) is 10.9. The Balaban J connectivity index is 1.49. The standard InChI is InChI=1S/C23H20N6OS/c1-15-13-29(14-24-15)19-9-8-17(12-20(19)30-2)25-22-21-18(10-11-31-21)27-23(28-22)26-16-6-4-3-5-7-16/h3-14H,1-2H3,(H2,25,26,27,28). The van der Waals surface area contributed by atoms with Crippen molar-refractivity contribution in [1.29, 1.82) is 0 Å². The van der Waals surface area contributed by atoms with Crippen LogP contribution in [0.4, 0.5) is 23.1 Å². The first-order valence-corrected chi connectivity index (χ1v) is 10.6. The minimum Gasteiger partial charge on any atom is -0.494 e. The summed E-state index contributed by atoms with van der Waals surface area (Å²) >= 11 is 1.60. The van der Waals surface area contributed by atoms with E-state index >= 15 is 0 Å². The zero-order chi connectivity index (χ0) is 21.2. The van der Waals surface area contributed by atoms with Crippen molar-refractivity contribution in [2.45, 2.75) is 6.92 Å². The molecule has 0 bridgehead atoms. The van der Waals surface area contributed by atoms with Gasteiger partial charge in [-0.25, -0.2) is 9.97 Å². The Morgan fingerprint density at radius 2 is 1.84 bits per heavy atom. The maximum atomic E-state index is 5.63. The summed E-state index contributed by atoms with van der Waals surface area (Å²) in [6, 6.07) is 17.8. The SMILES string of the molecule is COc1cc(Nc2nc(Nc3ccccc3)nc3ccsc23)ccc1-n1cnc(C)c1. The number of ether oxygens (including phenoxy) is 1. The lowest BCUT2D eigenvalue weighted by atomic mass is 10.2. The fraction of sp³-hybridized carbons (Fsp3) is 0.0870. The van der Waals surface area contributed by atoms with Crippen LogP contribution in [0.3, 0.4) is 0 Å². The van der Waals surface area contributed by atoms with Crippen molar-refractivity contribution in [3.8, 4) is 11.4 Å². The Kier molecular flexibility index (Phi) is 4.97. The number of hydrogen-bond acceptors (Lipinski definition) is 7. The summed E-state index contributed by atoms with van der Waals surface area (Å²) in [5.41, 5.74) is 4.56. The molecule has 2 N–H and O–H groups in total. The molecule has 154 valence electrons. The molecular weight excluding hydrogens is 408 g/mol. The lowest BCUT2D eigenvalue weighted by molar-refractivity contribution is 0.413. The van der Waals surface area contributed by atoms with E-state index in [0.717, 1.165) is 44.5 Å². The number of fused-ring (bicyclic) bond motifs is 1. The van der Waals surface area contributed by atoms with Crippen molar-refractivity contribution >= 4 is 44.7 Å². The van der Waals surface area contributed by atoms with E-state index in [4.69, 9.17) is 9.72 Å². The molecule has 3 heterocycles. The minimum atomic E-state index is 0.539. The van der Waals surface area contributed by atoms with Gasteiger partial charge in [0, 0.05) is 23.6 Å². The fourth-order valence-electron chi connectivity index (χ4n) is 3.31. The van der Waals surface area contributed by atoms with Crippen LogP contribution >= 0.6 is 11.3 Å². The number of para-hydroxylation sites is 1. The highest BCUT2D eigenvalue weighted by atomic mass is 32.1. The summed E-state index contributed by atoms with van der Waals surface area (Å²) in [6.45, 7) is 1.96. The molecule has 0 aliphatic heterocycles. The molecule has 0 saturated carbocycles. The quantitative estimate of drug-likeness (QED) is 0.362. The summed E-state index contributed by atoms with van der Waals surface area (Å²) in [5, 5.41) is 8.72. The van der Waals surface area contributed by atoms with Crippen molar-refractivity contribution in [1.82, 2.24) is 19.5 Å². The van der Waals surface area contributed by atoms with Crippen LogP contribution in [0.1, 0.15) is 5.69 Å². The number of hydrogen-bond donors (Lipinski definition) is 2. The number of aryl methyl sites for hydroxylation is 1. The first kappa shape index (κ1) is 19.1. The molecule has 3 aromatic heterocycles. The number of methoxy groups -OCH3 is 1. The number of nitrogens with zero attached hydrogens (tertiary/aromatic N) is 4. The Morgan fingerprint density at radius 1 is 0.968 bits per heavy atom. The molecule has 0 fully saturated rings. The van der Waals surface area contributed by atoms with Gasteiger partial charge in [0.1, 0.15) is 5.75 Å². The smallest absolute Gasteiger partial charge is 0.229 e. The van der Waals surface area contributed by atoms with Crippen LogP contribution in [0.2, 0.25) is 0 Å². The molecule has 31 heavy (non-hydrogen) atoms. The van der Waals surface area contributed by atoms with E-state index in [1.54, 1.807) is 24.8 Å². The molecule has 5 rings (SSSR count). The summed E-state index contributed by atoms with van der Waals surface area (Å²) in [5.74, 6) is 2.02. The Hall–Kier alpha value is -3.91. The van der Waals surface area contributed by atoms with E-state index in [1.165, 1.54) is 0 Å². The molecule has 0 atom stereocenters. The monoisotopic (exact) mass is 428 g/mol. The van der Waals surface area contributed by atoms with Crippen molar-refractivity contribution in [2.75, 3.05) is 17.7 Å². The van der Waals surface area contributed by atoms with Gasteiger partial charge in [-0.15, -0.1) is 11.3 Å². The van der Waals surface area contributed by atoms with E-state index in [0.29, 0.717) is 5.95 Å². The first-order valence-electron chi connectivity index (χ1n) is 9.73. The van der Waals surface area contributed by atoms with Crippen LogP contribution in [0.25, 0.3) is 15.9 Å². The third kappa shape index (κ3) is 3.93. The number of rotatable bonds is 6. The molecule has 0 aliphatic carbocycles. The molecule has 7 nitrogen and oxygen atoms in total. The number of nitrogens with one attached hydrogen (secondary N) is 2. The molecule has 5 aromatic rings. The second-order valence-corrected chi connectivity index (χ2v) is 7.87. The van der Waals surface area contributed by atoms with Crippen LogP contribution in [0, 0.1) is 6.92 Å². The van der Waals surface area contributed by atoms with Crippen LogP contribution in [-0.4, -0.2) is 26.6 Å². The zero-order valence-corrected chi connectivity index (χ0v) is 17.9. The molecule has 0 amide bonds. The third-order valence-corrected chi connectivity index (χ3v) is 5.68. The highest BCUT2D eigenvalue weighted by Gasteiger charge is 2.12. The zero-order valence-electron chi connectivity index (χ0n) is 17.0. The topological polar surface area (TPSA) is 76.9 Å². The molecule has 2 aromatic carbocycles. The number of imidazole rings is 1. The number of aromatic nitrogens is 4. The molecular formula is C23H20N6OS. The van der Waals surface area contributed by atoms with Crippen LogP contribution in [0.15, 0.2) is 72.5 Å². The predicted octanol–water partition coefficient (Wildman–Crippen LogP) is 5.68. The van der Waals surface area contributed by atoms with Crippen LogP contribution in [0.5, 0.6) is 5.75 Å². The van der Waals surface area contributed by atoms with Crippen molar-refractivity contribution in [3.63, 3.8) is 0 Å². The van der Waals surface area contributed by atoms with Crippen molar-refractivity contribution in [2.24, 2.45) is 0 Å². The fourth-order valence-corrected chi connectivity index (χ4v) is 4.09. The molecule has 0 radical (unpaired) electrons. The number of anilines is 4. The predicted molar refractivity (Wildman–Crippen MR) is 125 cm³/mol. The van der Waals surface area contributed by atoms with Gasteiger partial charge in [-0.05, 0) is 42.6 Å². The average molecular weight is 429 g/mol. The van der Waals surface area contributed by atoms with Gasteiger partial charge < -0.3 is 19.9 Å². The first-order chi connectivity index (χ1) is 15.2. The average Bonchev–Trinajstić information content (AvgIpc) is 3.43. The van der Waals surface area contributed by atoms with E-state index < -0.39 is 0 Å². The van der Waals surface area contributed by atoms with E-state index in [1.807, 2.05) is 77.7 Å². The lowest BCUT2D eigenvalue weighted by Gasteiger charge is -2.13. The minimum absolute atomic E-state index is 0.539. The second-order valence-electron chi connectivity index (χ2n) is 6.96. The molecule has 0 spiro atoms. The van der Waals surface area contributed by atoms with Gasteiger partial charge in [0.25, 0.3) is 0 Å². The van der Waals surface area contributed by atoms with Gasteiger partial charge in [-0.1, -0.05) is 18.2 Å². The van der Waals surface area contributed by atoms with E-state index in [-0.39, 0.29) is 0 Å². The molecule has 0 saturated heterocycles. The highest BCUT2D eigenvalue weighted by Crippen LogP contribution is 2.33. The maximum Gasteiger partial charge on any atom is 0.229 e. The van der Waals surface area contributed by atoms with Crippen LogP contribution < -0.4 is 15.4 Å². The Bertz CT molecular complexity index is 1340. The molecule has 0 aliphatic rings. The van der Waals surface area contributed by atoms with Gasteiger partial charge in [0.2, 0.25) is 5.95 Å². The van der Waals surface area contributed by atoms with Crippen molar-refractivity contribution < 1.29 is 4.74 Å². The van der Waals surface area contributed by atoms with Gasteiger partial charge in [-0.3, -0.25) is 0 Å². The van der Waals surface area contributed by atoms with Crippen molar-refractivity contribution in [3.05, 3.63) is 78.2 Å². The Morgan fingerprint density at radius 3 is 2.61 bits per heavy atom. The second kappa shape index (κ2) is 8.08. The summed E-state index contributed by atoms with van der Waals surface area (Å²) < 4.78 is 8.57. The molecule has 0 unspecified atom stereocenters. The summed E-state index contributed by atoms with van der Waals surface area (Å²) in [4.78, 5) is 13.7. The lowest BCUT2D eigenvalue weighted by Crippen LogP contribution is -2.02. The van der Waals surface area contributed by atoms with Gasteiger partial charge >= 0.3 is 0 Å². The van der Waals surface area contributed by atoms with Gasteiger partial charge in [-0.2, -0.15) is 4.98 Å². The largest absolute Gasteiger partial charge is 0.494 e. The van der Waals surface area contributed by atoms with E-state index in [9.17, 15) is 0 Å². The highest BCUT2D eigenvalue weighted by molar-refractivity contribution is 7.17. The Labute approximate surface area is 183 Å². The summed E-state index contributed by atoms with van der Waals surface area (Å²) in [6.07, 6.45) is 3.74. The van der Waals surface area contributed by atoms with E-state index in [2.05, 4.69) is 20.6 Å². The van der Waals surface area contributed by atoms with Crippen LogP contribution in [-0.2, 0) is 0 Å². The van der Waals surface area contributed by atoms with Gasteiger partial charge in [0.15, 0.2) is 5.82 Å². The maximum absolute atomic E-state index is 5.63.